The summed E-state index contributed by atoms with van der Waals surface area (Å²) in [7, 11) is 0. The molecule has 0 spiro atoms. The minimum atomic E-state index is 0. The molecule has 0 aromatic carbocycles. The van der Waals surface area contributed by atoms with Crippen LogP contribution in [0.25, 0.3) is 0 Å². The maximum atomic E-state index is 7.88. The van der Waals surface area contributed by atoms with E-state index in [2.05, 4.69) is 15.4 Å². The zero-order chi connectivity index (χ0) is 2.00. The molecule has 0 fully saturated rings. The van der Waals surface area contributed by atoms with E-state index in [-0.39, 0.29) is 43.2 Å². The van der Waals surface area contributed by atoms with Crippen LogP contribution >= 0.6 is 0 Å². The van der Waals surface area contributed by atoms with Gasteiger partial charge in [-0.2, -0.15) is 0 Å². The van der Waals surface area contributed by atoms with Gasteiger partial charge in [0.1, 0.15) is 0 Å². The number of hydrogen-bond donors (Lipinski definition) is 0. The van der Waals surface area contributed by atoms with E-state index in [0.717, 1.165) is 0 Å². The molecule has 0 rings (SSSR count). The Bertz CT molecular complexity index is 6.00. The Kier molecular flexibility index (Phi) is 108. The predicted octanol–water partition coefficient (Wildman–Crippen LogP) is -0.621. The van der Waals surface area contributed by atoms with Crippen LogP contribution in [0.5, 0.6) is 0 Å². The van der Waals surface area contributed by atoms with Crippen LogP contribution in [-0.2, 0) is 24.8 Å². The van der Waals surface area contributed by atoms with E-state index in [1.807, 2.05) is 0 Å². The van der Waals surface area contributed by atoms with E-state index in [4.69, 9.17) is 3.90 Å². The summed E-state index contributed by atoms with van der Waals surface area (Å²) in [5, 5.41) is 0. The molecule has 0 bridgehead atoms. The Labute approximate surface area is 61.8 Å². The Hall–Kier alpha value is 1.51. The standard InChI is InChI=1S/Ca.Ni.2O/q+2;;;-2. The van der Waals surface area contributed by atoms with Gasteiger partial charge >= 0.3 is 57.0 Å². The number of hydrogen-bond acceptors (Lipinski definition) is 1. The quantitative estimate of drug-likeness (QED) is 0.404. The first-order valence-electron chi connectivity index (χ1n) is 0.129. The molecule has 0 aromatic heterocycles. The summed E-state index contributed by atoms with van der Waals surface area (Å²) in [6.07, 6.45) is 0. The summed E-state index contributed by atoms with van der Waals surface area (Å²) < 4.78 is 7.88. The summed E-state index contributed by atoms with van der Waals surface area (Å²) in [5.41, 5.74) is 0. The maximum absolute atomic E-state index is 7.88. The van der Waals surface area contributed by atoms with Crippen LogP contribution in [0.15, 0.2) is 0 Å². The van der Waals surface area contributed by atoms with E-state index in [9.17, 15) is 0 Å². The van der Waals surface area contributed by atoms with Crippen molar-refractivity contribution in [3.8, 4) is 0 Å². The van der Waals surface area contributed by atoms with Gasteiger partial charge in [0, 0.05) is 0 Å². The first-order valence-corrected chi connectivity index (χ1v) is 0.532. The molecule has 0 aliphatic rings. The molecule has 2 nitrogen and oxygen atoms in total. The van der Waals surface area contributed by atoms with Crippen LogP contribution in [0.4, 0.5) is 0 Å². The molecule has 0 saturated carbocycles. The molecule has 0 aromatic rings. The van der Waals surface area contributed by atoms with Gasteiger partial charge in [-0.3, -0.25) is 0 Å². The second-order valence-electron chi connectivity index (χ2n) is 0. The summed E-state index contributed by atoms with van der Waals surface area (Å²) in [4.78, 5) is 0. The average Bonchev–Trinajstić information content (AvgIpc) is 1.00. The van der Waals surface area contributed by atoms with Crippen molar-refractivity contribution in [2.24, 2.45) is 0 Å². The third kappa shape index (κ3) is 9.69. The van der Waals surface area contributed by atoms with Crippen molar-refractivity contribution in [1.82, 2.24) is 0 Å². The third-order valence-electron chi connectivity index (χ3n) is 0. The molecule has 4 heteroatoms. The predicted molar refractivity (Wildman–Crippen MR) is 7.13 cm³/mol. The Morgan fingerprint density at radius 1 is 1.25 bits per heavy atom. The zero-order valence-corrected chi connectivity index (χ0v) is 5.04. The van der Waals surface area contributed by atoms with Gasteiger partial charge in [0.05, 0.1) is 0 Å². The zero-order valence-electron chi connectivity index (χ0n) is 1.84. The first-order chi connectivity index (χ1) is 1.00. The molecule has 0 N–H and O–H groups in total. The van der Waals surface area contributed by atoms with Crippen molar-refractivity contribution in [3.05, 3.63) is 0 Å². The van der Waals surface area contributed by atoms with Gasteiger partial charge < -0.3 is 5.48 Å². The Balaban J connectivity index is -0.00000000500. The number of rotatable bonds is 0. The monoisotopic (exact) mass is 130 g/mol. The van der Waals surface area contributed by atoms with Gasteiger partial charge in [-0.25, -0.2) is 0 Å². The molecule has 0 atom stereocenters. The third-order valence-corrected chi connectivity index (χ3v) is 0. The molecular weight excluding hydrogens is 131 g/mol. The molecular formula is CaNiO2. The van der Waals surface area contributed by atoms with E-state index < -0.39 is 0 Å². The van der Waals surface area contributed by atoms with E-state index in [1.165, 1.54) is 0 Å². The Morgan fingerprint density at radius 3 is 1.25 bits per heavy atom. The van der Waals surface area contributed by atoms with Crippen LogP contribution in [0.3, 0.4) is 0 Å². The normalized spacial score (nSPS) is 1.50. The van der Waals surface area contributed by atoms with E-state index in [1.54, 1.807) is 0 Å². The molecule has 0 heterocycles. The van der Waals surface area contributed by atoms with Crippen molar-refractivity contribution < 1.29 is 24.8 Å². The fraction of sp³-hybridized carbons (Fsp3) is 0. The van der Waals surface area contributed by atoms with Crippen LogP contribution in [0, 0.1) is 0 Å². The Morgan fingerprint density at radius 2 is 1.25 bits per heavy atom. The minimum absolute atomic E-state index is 0. The molecule has 24 valence electrons. The fourth-order valence-electron chi connectivity index (χ4n) is 0. The van der Waals surface area contributed by atoms with Crippen LogP contribution in [0.2, 0.25) is 0 Å². The van der Waals surface area contributed by atoms with E-state index in [0.29, 0.717) is 0 Å². The van der Waals surface area contributed by atoms with E-state index >= 15 is 0 Å². The van der Waals surface area contributed by atoms with Crippen molar-refractivity contribution >= 4 is 37.7 Å². The SMILES string of the molecule is [Ca+2].[O-2].[O]=[Ni]. The summed E-state index contributed by atoms with van der Waals surface area (Å²) in [5.74, 6) is 0. The van der Waals surface area contributed by atoms with Gasteiger partial charge in [-0.15, -0.1) is 0 Å². The molecule has 4 heavy (non-hydrogen) atoms. The van der Waals surface area contributed by atoms with Crippen molar-refractivity contribution in [2.45, 2.75) is 0 Å². The van der Waals surface area contributed by atoms with Gasteiger partial charge in [-0.05, 0) is 0 Å². The van der Waals surface area contributed by atoms with Gasteiger partial charge in [-0.1, -0.05) is 0 Å². The molecule has 0 radical (unpaired) electrons. The first kappa shape index (κ1) is 17.8. The second kappa shape index (κ2) is 24.3. The van der Waals surface area contributed by atoms with Crippen molar-refractivity contribution in [2.75, 3.05) is 0 Å². The van der Waals surface area contributed by atoms with Gasteiger partial charge in [0.25, 0.3) is 0 Å². The summed E-state index contributed by atoms with van der Waals surface area (Å²) in [6.45, 7) is 0. The molecule has 0 amide bonds. The van der Waals surface area contributed by atoms with Crippen LogP contribution in [-0.4, -0.2) is 37.7 Å². The second-order valence-corrected chi connectivity index (χ2v) is 0. The van der Waals surface area contributed by atoms with Gasteiger partial charge in [0.15, 0.2) is 0 Å². The fourth-order valence-corrected chi connectivity index (χ4v) is 0. The van der Waals surface area contributed by atoms with Crippen LogP contribution in [0.1, 0.15) is 0 Å². The topological polar surface area (TPSA) is 45.6 Å². The molecule has 0 saturated heterocycles. The molecule has 0 aliphatic heterocycles. The van der Waals surface area contributed by atoms with Gasteiger partial charge in [0.2, 0.25) is 0 Å². The molecule has 0 unspecified atom stereocenters. The van der Waals surface area contributed by atoms with Crippen molar-refractivity contribution in [3.63, 3.8) is 0 Å². The summed E-state index contributed by atoms with van der Waals surface area (Å²) in [6, 6.07) is 0. The van der Waals surface area contributed by atoms with Crippen LogP contribution < -0.4 is 0 Å². The van der Waals surface area contributed by atoms with Crippen molar-refractivity contribution in [1.29, 1.82) is 0 Å². The molecule has 0 aliphatic carbocycles. The summed E-state index contributed by atoms with van der Waals surface area (Å²) >= 11 is 2.62. The average molecular weight is 131 g/mol.